The van der Waals surface area contributed by atoms with E-state index < -0.39 is 0 Å². The molecule has 26 heavy (non-hydrogen) atoms. The van der Waals surface area contributed by atoms with Gasteiger partial charge in [-0.25, -0.2) is 4.98 Å². The monoisotopic (exact) mass is 349 g/mol. The van der Waals surface area contributed by atoms with Gasteiger partial charge in [-0.2, -0.15) is 0 Å². The predicted octanol–water partition coefficient (Wildman–Crippen LogP) is 2.92. The standard InChI is InChI=1S/C20H23N5O/c1-15(16-3-5-18-19(13-16)22-8-7-21-18)24-9-11-25(12-10-24)17-4-6-20(26-2)23-14-17/h3-8,13-15H,9-12H2,1-2H3. The molecule has 1 aromatic carbocycles. The molecular formula is C20H23N5O. The van der Waals surface area contributed by atoms with Crippen LogP contribution in [0.25, 0.3) is 11.0 Å². The number of benzene rings is 1. The topological polar surface area (TPSA) is 54.4 Å². The Balaban J connectivity index is 1.42. The molecule has 2 aromatic heterocycles. The Hall–Kier alpha value is -2.73. The highest BCUT2D eigenvalue weighted by molar-refractivity contribution is 5.74. The number of hydrogen-bond acceptors (Lipinski definition) is 6. The fourth-order valence-corrected chi connectivity index (χ4v) is 3.50. The maximum atomic E-state index is 5.14. The number of aromatic nitrogens is 3. The number of methoxy groups -OCH3 is 1. The Bertz CT molecular complexity index is 875. The summed E-state index contributed by atoms with van der Waals surface area (Å²) in [6.45, 7) is 6.29. The van der Waals surface area contributed by atoms with Gasteiger partial charge < -0.3 is 9.64 Å². The molecule has 1 atom stereocenters. The van der Waals surface area contributed by atoms with Gasteiger partial charge in [0.15, 0.2) is 0 Å². The van der Waals surface area contributed by atoms with E-state index in [2.05, 4.69) is 55.9 Å². The number of hydrogen-bond donors (Lipinski definition) is 0. The SMILES string of the molecule is COc1ccc(N2CCN(C(C)c3ccc4nccnc4c3)CC2)cn1. The third-order valence-corrected chi connectivity index (χ3v) is 5.13. The van der Waals surface area contributed by atoms with E-state index in [9.17, 15) is 0 Å². The molecule has 0 aliphatic carbocycles. The zero-order valence-electron chi connectivity index (χ0n) is 15.2. The summed E-state index contributed by atoms with van der Waals surface area (Å²) in [5, 5.41) is 0. The van der Waals surface area contributed by atoms with Crippen molar-refractivity contribution in [2.24, 2.45) is 0 Å². The molecule has 6 nitrogen and oxygen atoms in total. The van der Waals surface area contributed by atoms with Crippen molar-refractivity contribution < 1.29 is 4.74 Å². The summed E-state index contributed by atoms with van der Waals surface area (Å²) in [6.07, 6.45) is 5.37. The maximum Gasteiger partial charge on any atom is 0.213 e. The van der Waals surface area contributed by atoms with Gasteiger partial charge in [0.05, 0.1) is 30.0 Å². The first-order chi connectivity index (χ1) is 12.7. The molecule has 4 rings (SSSR count). The highest BCUT2D eigenvalue weighted by Gasteiger charge is 2.22. The van der Waals surface area contributed by atoms with Crippen LogP contribution in [0.3, 0.4) is 0 Å². The lowest BCUT2D eigenvalue weighted by atomic mass is 10.0. The minimum atomic E-state index is 0.359. The second kappa shape index (κ2) is 7.25. The zero-order valence-corrected chi connectivity index (χ0v) is 15.2. The summed E-state index contributed by atoms with van der Waals surface area (Å²) in [5.41, 5.74) is 4.34. The summed E-state index contributed by atoms with van der Waals surface area (Å²) >= 11 is 0. The van der Waals surface area contributed by atoms with Crippen molar-refractivity contribution in [3.05, 3.63) is 54.5 Å². The first-order valence-corrected chi connectivity index (χ1v) is 8.94. The first kappa shape index (κ1) is 16.7. The van der Waals surface area contributed by atoms with Crippen LogP contribution in [0.5, 0.6) is 5.88 Å². The van der Waals surface area contributed by atoms with Gasteiger partial charge >= 0.3 is 0 Å². The minimum Gasteiger partial charge on any atom is -0.481 e. The van der Waals surface area contributed by atoms with Crippen molar-refractivity contribution in [3.63, 3.8) is 0 Å². The maximum absolute atomic E-state index is 5.14. The average Bonchev–Trinajstić information content (AvgIpc) is 2.73. The quantitative estimate of drug-likeness (QED) is 0.722. The van der Waals surface area contributed by atoms with Gasteiger partial charge in [0.25, 0.3) is 0 Å². The number of anilines is 1. The number of nitrogens with zero attached hydrogens (tertiary/aromatic N) is 5. The van der Waals surface area contributed by atoms with Crippen molar-refractivity contribution in [1.82, 2.24) is 19.9 Å². The molecule has 0 radical (unpaired) electrons. The fraction of sp³-hybridized carbons (Fsp3) is 0.350. The van der Waals surface area contributed by atoms with Crippen LogP contribution >= 0.6 is 0 Å². The molecule has 1 unspecified atom stereocenters. The van der Waals surface area contributed by atoms with Crippen LogP contribution in [0, 0.1) is 0 Å². The van der Waals surface area contributed by atoms with Crippen LogP contribution in [-0.2, 0) is 0 Å². The molecule has 1 aliphatic rings. The van der Waals surface area contributed by atoms with E-state index >= 15 is 0 Å². The van der Waals surface area contributed by atoms with E-state index in [4.69, 9.17) is 4.74 Å². The lowest BCUT2D eigenvalue weighted by molar-refractivity contribution is 0.198. The Morgan fingerprint density at radius 1 is 0.923 bits per heavy atom. The van der Waals surface area contributed by atoms with Gasteiger partial charge in [-0.15, -0.1) is 0 Å². The smallest absolute Gasteiger partial charge is 0.213 e. The molecule has 0 N–H and O–H groups in total. The molecular weight excluding hydrogens is 326 g/mol. The van der Waals surface area contributed by atoms with E-state index in [1.165, 1.54) is 5.56 Å². The van der Waals surface area contributed by atoms with E-state index in [1.807, 2.05) is 12.3 Å². The molecule has 3 aromatic rings. The molecule has 6 heteroatoms. The third kappa shape index (κ3) is 3.32. The number of ether oxygens (including phenoxy) is 1. The Kier molecular flexibility index (Phi) is 4.67. The second-order valence-corrected chi connectivity index (χ2v) is 6.56. The van der Waals surface area contributed by atoms with Crippen molar-refractivity contribution in [2.75, 3.05) is 38.2 Å². The summed E-state index contributed by atoms with van der Waals surface area (Å²) in [5.74, 6) is 0.653. The molecule has 1 saturated heterocycles. The zero-order chi connectivity index (χ0) is 17.9. The van der Waals surface area contributed by atoms with E-state index in [-0.39, 0.29) is 0 Å². The van der Waals surface area contributed by atoms with Gasteiger partial charge in [0, 0.05) is 50.7 Å². The average molecular weight is 349 g/mol. The number of rotatable bonds is 4. The van der Waals surface area contributed by atoms with Crippen LogP contribution in [0.2, 0.25) is 0 Å². The molecule has 0 saturated carbocycles. The molecule has 0 bridgehead atoms. The number of fused-ring (bicyclic) bond motifs is 1. The summed E-state index contributed by atoms with van der Waals surface area (Å²) in [7, 11) is 1.64. The number of pyridine rings is 1. The molecule has 3 heterocycles. The van der Waals surface area contributed by atoms with Crippen LogP contribution < -0.4 is 9.64 Å². The summed E-state index contributed by atoms with van der Waals surface area (Å²) < 4.78 is 5.14. The van der Waals surface area contributed by atoms with Crippen LogP contribution in [0.15, 0.2) is 48.9 Å². The normalized spacial score (nSPS) is 16.6. The Labute approximate surface area is 153 Å². The van der Waals surface area contributed by atoms with E-state index in [1.54, 1.807) is 19.5 Å². The van der Waals surface area contributed by atoms with Crippen molar-refractivity contribution in [1.29, 1.82) is 0 Å². The summed E-state index contributed by atoms with van der Waals surface area (Å²) in [6, 6.07) is 10.7. The lowest BCUT2D eigenvalue weighted by Crippen LogP contribution is -2.47. The van der Waals surface area contributed by atoms with E-state index in [0.29, 0.717) is 11.9 Å². The molecule has 0 amide bonds. The van der Waals surface area contributed by atoms with Crippen molar-refractivity contribution >= 4 is 16.7 Å². The van der Waals surface area contributed by atoms with Crippen LogP contribution in [-0.4, -0.2) is 53.1 Å². The third-order valence-electron chi connectivity index (χ3n) is 5.13. The lowest BCUT2D eigenvalue weighted by Gasteiger charge is -2.39. The van der Waals surface area contributed by atoms with Gasteiger partial charge in [-0.3, -0.25) is 14.9 Å². The summed E-state index contributed by atoms with van der Waals surface area (Å²) in [4.78, 5) is 18.0. The Morgan fingerprint density at radius 2 is 1.69 bits per heavy atom. The molecule has 1 aliphatic heterocycles. The minimum absolute atomic E-state index is 0.359. The highest BCUT2D eigenvalue weighted by atomic mass is 16.5. The van der Waals surface area contributed by atoms with Gasteiger partial charge in [-0.1, -0.05) is 6.07 Å². The van der Waals surface area contributed by atoms with Gasteiger partial charge in [0.2, 0.25) is 5.88 Å². The highest BCUT2D eigenvalue weighted by Crippen LogP contribution is 2.25. The second-order valence-electron chi connectivity index (χ2n) is 6.56. The van der Waals surface area contributed by atoms with Crippen LogP contribution in [0.1, 0.15) is 18.5 Å². The molecule has 1 fully saturated rings. The molecule has 0 spiro atoms. The van der Waals surface area contributed by atoms with Crippen molar-refractivity contribution in [2.45, 2.75) is 13.0 Å². The van der Waals surface area contributed by atoms with Gasteiger partial charge in [0.1, 0.15) is 0 Å². The fourth-order valence-electron chi connectivity index (χ4n) is 3.50. The van der Waals surface area contributed by atoms with Crippen molar-refractivity contribution in [3.8, 4) is 5.88 Å². The largest absolute Gasteiger partial charge is 0.481 e. The predicted molar refractivity (Wildman–Crippen MR) is 103 cm³/mol. The number of piperazine rings is 1. The molecule has 134 valence electrons. The van der Waals surface area contributed by atoms with Crippen LogP contribution in [0.4, 0.5) is 5.69 Å². The first-order valence-electron chi connectivity index (χ1n) is 8.94. The van der Waals surface area contributed by atoms with Gasteiger partial charge in [-0.05, 0) is 30.7 Å². The Morgan fingerprint density at radius 3 is 2.38 bits per heavy atom. The van der Waals surface area contributed by atoms with E-state index in [0.717, 1.165) is 42.9 Å².